The maximum atomic E-state index is 12.6. The number of allylic oxidation sites excluding steroid dienone is 2. The number of carbonyl (C=O) groups is 1. The van der Waals surface area contributed by atoms with Gasteiger partial charge in [-0.15, -0.1) is 0 Å². The van der Waals surface area contributed by atoms with Gasteiger partial charge in [0.05, 0.1) is 0 Å². The summed E-state index contributed by atoms with van der Waals surface area (Å²) in [6.45, 7) is 9.99. The van der Waals surface area contributed by atoms with Gasteiger partial charge >= 0.3 is 6.09 Å². The fourth-order valence-corrected chi connectivity index (χ4v) is 4.96. The molecular weight excluding hydrogens is 388 g/mol. The summed E-state index contributed by atoms with van der Waals surface area (Å²) in [5.41, 5.74) is 8.89. The number of benzene rings is 1. The van der Waals surface area contributed by atoms with Crippen LogP contribution in [0.1, 0.15) is 89.7 Å². The van der Waals surface area contributed by atoms with Crippen LogP contribution in [-0.2, 0) is 6.42 Å². The van der Waals surface area contributed by atoms with Crippen molar-refractivity contribution in [3.8, 4) is 11.5 Å². The number of nitrogens with two attached hydrogens (primary N) is 1. The highest BCUT2D eigenvalue weighted by Gasteiger charge is 2.45. The number of hydrogen-bond acceptors (Lipinski definition) is 4. The minimum absolute atomic E-state index is 0.206. The molecule has 0 radical (unpaired) electrons. The number of hydrogen-bond donors (Lipinski definition) is 2. The van der Waals surface area contributed by atoms with Crippen LogP contribution in [0, 0.1) is 5.92 Å². The van der Waals surface area contributed by atoms with Gasteiger partial charge in [0.25, 0.3) is 0 Å². The largest absolute Gasteiger partial charge is 0.487 e. The van der Waals surface area contributed by atoms with E-state index in [1.54, 1.807) is 0 Å². The Morgan fingerprint density at radius 3 is 2.81 bits per heavy atom. The molecule has 0 fully saturated rings. The molecule has 1 heterocycles. The van der Waals surface area contributed by atoms with Crippen LogP contribution in [-0.4, -0.2) is 24.8 Å². The number of amides is 1. The molecular formula is C26H40N2O3. The summed E-state index contributed by atoms with van der Waals surface area (Å²) >= 11 is 0. The molecule has 0 saturated carbocycles. The van der Waals surface area contributed by atoms with Gasteiger partial charge in [-0.05, 0) is 83.5 Å². The van der Waals surface area contributed by atoms with Gasteiger partial charge in [-0.1, -0.05) is 31.4 Å². The van der Waals surface area contributed by atoms with E-state index in [0.29, 0.717) is 24.8 Å². The van der Waals surface area contributed by atoms with Crippen LogP contribution < -0.4 is 20.5 Å². The second kappa shape index (κ2) is 10.5. The van der Waals surface area contributed by atoms with Gasteiger partial charge in [-0.25, -0.2) is 4.79 Å². The van der Waals surface area contributed by atoms with Crippen molar-refractivity contribution in [1.29, 1.82) is 0 Å². The monoisotopic (exact) mass is 428 g/mol. The molecule has 31 heavy (non-hydrogen) atoms. The molecule has 0 aromatic heterocycles. The third kappa shape index (κ3) is 5.82. The Labute approximate surface area is 187 Å². The van der Waals surface area contributed by atoms with Crippen LogP contribution in [0.5, 0.6) is 11.5 Å². The van der Waals surface area contributed by atoms with Gasteiger partial charge in [0.1, 0.15) is 17.1 Å². The number of rotatable bonds is 9. The normalized spacial score (nSPS) is 21.4. The molecule has 172 valence electrons. The molecule has 3 N–H and O–H groups in total. The van der Waals surface area contributed by atoms with Crippen molar-refractivity contribution < 1.29 is 14.3 Å². The molecule has 0 saturated heterocycles. The third-order valence-electron chi connectivity index (χ3n) is 6.68. The highest BCUT2D eigenvalue weighted by atomic mass is 16.6. The summed E-state index contributed by atoms with van der Waals surface area (Å²) in [6, 6.07) is 4.23. The first-order valence-corrected chi connectivity index (χ1v) is 12.0. The molecule has 2 atom stereocenters. The molecule has 1 aliphatic carbocycles. The van der Waals surface area contributed by atoms with E-state index in [1.807, 2.05) is 0 Å². The first kappa shape index (κ1) is 23.6. The molecule has 0 spiro atoms. The van der Waals surface area contributed by atoms with Crippen LogP contribution in [0.2, 0.25) is 0 Å². The molecule has 1 aromatic rings. The lowest BCUT2D eigenvalue weighted by Crippen LogP contribution is -2.45. The topological polar surface area (TPSA) is 73.6 Å². The molecule has 5 nitrogen and oxygen atoms in total. The van der Waals surface area contributed by atoms with Crippen molar-refractivity contribution in [3.05, 3.63) is 34.9 Å². The van der Waals surface area contributed by atoms with E-state index in [4.69, 9.17) is 15.2 Å². The van der Waals surface area contributed by atoms with Gasteiger partial charge in [-0.2, -0.15) is 0 Å². The van der Waals surface area contributed by atoms with E-state index in [-0.39, 0.29) is 11.5 Å². The number of nitrogens with one attached hydrogen (secondary N) is 1. The minimum Gasteiger partial charge on any atom is -0.487 e. The van der Waals surface area contributed by atoms with Crippen LogP contribution in [0.15, 0.2) is 23.8 Å². The number of unbranched alkanes of at least 4 members (excludes halogenated alkanes) is 3. The Morgan fingerprint density at radius 2 is 2.06 bits per heavy atom. The smallest absolute Gasteiger partial charge is 0.412 e. The predicted molar refractivity (Wildman–Crippen MR) is 126 cm³/mol. The summed E-state index contributed by atoms with van der Waals surface area (Å²) in [5.74, 6) is 2.09. The van der Waals surface area contributed by atoms with E-state index >= 15 is 0 Å². The summed E-state index contributed by atoms with van der Waals surface area (Å²) in [4.78, 5) is 12.6. The van der Waals surface area contributed by atoms with Crippen LogP contribution in [0.25, 0.3) is 0 Å². The van der Waals surface area contributed by atoms with Crippen molar-refractivity contribution in [2.45, 2.75) is 90.6 Å². The highest BCUT2D eigenvalue weighted by molar-refractivity contribution is 5.72. The Balaban J connectivity index is 1.93. The second-order valence-electron chi connectivity index (χ2n) is 9.66. The fourth-order valence-electron chi connectivity index (χ4n) is 4.96. The predicted octanol–water partition coefficient (Wildman–Crippen LogP) is 5.86. The molecule has 5 heteroatoms. The molecule has 1 aromatic carbocycles. The van der Waals surface area contributed by atoms with Crippen molar-refractivity contribution in [1.82, 2.24) is 5.32 Å². The van der Waals surface area contributed by atoms with Gasteiger partial charge < -0.3 is 20.5 Å². The number of ether oxygens (including phenoxy) is 2. The number of carbonyl (C=O) groups excluding carboxylic acids is 1. The highest BCUT2D eigenvalue weighted by Crippen LogP contribution is 2.53. The average molecular weight is 429 g/mol. The molecule has 2 aliphatic rings. The average Bonchev–Trinajstić information content (AvgIpc) is 2.70. The van der Waals surface area contributed by atoms with Crippen molar-refractivity contribution in [2.24, 2.45) is 11.7 Å². The fraction of sp³-hybridized carbons (Fsp3) is 0.654. The van der Waals surface area contributed by atoms with Gasteiger partial charge in [-0.3, -0.25) is 0 Å². The third-order valence-corrected chi connectivity index (χ3v) is 6.68. The number of aryl methyl sites for hydroxylation is 1. The zero-order valence-electron chi connectivity index (χ0n) is 19.8. The first-order valence-electron chi connectivity index (χ1n) is 12.0. The van der Waals surface area contributed by atoms with E-state index in [1.165, 1.54) is 24.0 Å². The van der Waals surface area contributed by atoms with Crippen LogP contribution >= 0.6 is 0 Å². The van der Waals surface area contributed by atoms with Gasteiger partial charge in [0.15, 0.2) is 0 Å². The summed E-state index contributed by atoms with van der Waals surface area (Å²) in [5, 5.41) is 2.87. The summed E-state index contributed by atoms with van der Waals surface area (Å²) < 4.78 is 12.5. The maximum Gasteiger partial charge on any atom is 0.412 e. The Morgan fingerprint density at radius 1 is 1.26 bits per heavy atom. The number of fused-ring (bicyclic) bond motifs is 3. The van der Waals surface area contributed by atoms with E-state index in [0.717, 1.165) is 49.8 Å². The quantitative estimate of drug-likeness (QED) is 0.382. The van der Waals surface area contributed by atoms with E-state index < -0.39 is 6.09 Å². The van der Waals surface area contributed by atoms with E-state index in [2.05, 4.69) is 51.2 Å². The van der Waals surface area contributed by atoms with Gasteiger partial charge in [0, 0.05) is 23.9 Å². The zero-order valence-corrected chi connectivity index (χ0v) is 19.8. The lowest BCUT2D eigenvalue weighted by Gasteiger charge is -2.46. The standard InChI is InChI=1S/C26H40N2O3/c1-5-6-7-10-19-16-22(30-25(29)28-14-9-8-13-27)24-20-15-18(2)11-12-21(20)26(3,4)31-23(24)17-19/h15-17,20-21H,5-14,27H2,1-4H3,(H,28,29)/t20-,21-/m1/s1. The maximum absolute atomic E-state index is 12.6. The lowest BCUT2D eigenvalue weighted by molar-refractivity contribution is 0.0108. The van der Waals surface area contributed by atoms with Gasteiger partial charge in [0.2, 0.25) is 0 Å². The lowest BCUT2D eigenvalue weighted by atomic mass is 9.68. The summed E-state index contributed by atoms with van der Waals surface area (Å²) in [7, 11) is 0. The molecule has 0 unspecified atom stereocenters. The Bertz CT molecular complexity index is 800. The molecule has 3 rings (SSSR count). The molecule has 1 aliphatic heterocycles. The van der Waals surface area contributed by atoms with E-state index in [9.17, 15) is 4.79 Å². The first-order chi connectivity index (χ1) is 14.9. The molecule has 1 amide bonds. The molecule has 0 bridgehead atoms. The van der Waals surface area contributed by atoms with Crippen molar-refractivity contribution >= 4 is 6.09 Å². The Kier molecular flexibility index (Phi) is 8.04. The Hall–Kier alpha value is -2.01. The SMILES string of the molecule is CCCCCc1cc(OC(=O)NCCCCN)c2c(c1)OC(C)(C)[C@@H]1CCC(C)=C[C@@H]21. The summed E-state index contributed by atoms with van der Waals surface area (Å²) in [6.07, 6.45) is 10.3. The van der Waals surface area contributed by atoms with Crippen LogP contribution in [0.3, 0.4) is 0 Å². The second-order valence-corrected chi connectivity index (χ2v) is 9.66. The van der Waals surface area contributed by atoms with Crippen molar-refractivity contribution in [3.63, 3.8) is 0 Å². The minimum atomic E-state index is -0.400. The zero-order chi connectivity index (χ0) is 22.4. The van der Waals surface area contributed by atoms with Crippen LogP contribution in [0.4, 0.5) is 4.79 Å². The van der Waals surface area contributed by atoms with Crippen molar-refractivity contribution in [2.75, 3.05) is 13.1 Å².